The third-order valence-electron chi connectivity index (χ3n) is 2.69. The first-order valence-corrected chi connectivity index (χ1v) is 9.37. The van der Waals surface area contributed by atoms with E-state index in [0.29, 0.717) is 0 Å². The minimum absolute atomic E-state index is 0.888. The van der Waals surface area contributed by atoms with Crippen LogP contribution in [0.25, 0.3) is 0 Å². The molecule has 0 N–H and O–H groups in total. The molecule has 2 aliphatic heterocycles. The van der Waals surface area contributed by atoms with Gasteiger partial charge in [-0.15, -0.1) is 0 Å². The molecule has 0 spiro atoms. The van der Waals surface area contributed by atoms with Crippen LogP contribution in [0, 0.1) is 0 Å². The largest absolute Gasteiger partial charge is 0.379 e. The van der Waals surface area contributed by atoms with E-state index in [9.17, 15) is 0 Å². The Labute approximate surface area is 94.5 Å². The standard InChI is InChI=1S/C8H17BrN2O2Si/c9-14(10-1-5-12-6-2-10)11-3-7-13-8-4-11/h14H,1-8H2. The quantitative estimate of drug-likeness (QED) is 0.515. The van der Waals surface area contributed by atoms with Crippen molar-refractivity contribution in [1.29, 1.82) is 0 Å². The number of hydrogen-bond donors (Lipinski definition) is 0. The smallest absolute Gasteiger partial charge is 0.264 e. The molecule has 6 heteroatoms. The van der Waals surface area contributed by atoms with Crippen LogP contribution in [0.5, 0.6) is 0 Å². The van der Waals surface area contributed by atoms with E-state index in [4.69, 9.17) is 9.47 Å². The summed E-state index contributed by atoms with van der Waals surface area (Å²) in [6, 6.07) is 0. The summed E-state index contributed by atoms with van der Waals surface area (Å²) in [5.41, 5.74) is 0. The highest BCUT2D eigenvalue weighted by Gasteiger charge is 2.27. The Morgan fingerprint density at radius 1 is 0.786 bits per heavy atom. The minimum atomic E-state index is -1.05. The van der Waals surface area contributed by atoms with E-state index < -0.39 is 7.74 Å². The fourth-order valence-corrected chi connectivity index (χ4v) is 6.00. The van der Waals surface area contributed by atoms with Crippen LogP contribution < -0.4 is 0 Å². The molecule has 2 heterocycles. The topological polar surface area (TPSA) is 24.9 Å². The minimum Gasteiger partial charge on any atom is -0.379 e. The zero-order chi connectivity index (χ0) is 9.80. The van der Waals surface area contributed by atoms with Crippen LogP contribution in [0.15, 0.2) is 0 Å². The number of rotatable bonds is 2. The van der Waals surface area contributed by atoms with Gasteiger partial charge in [0.1, 0.15) is 0 Å². The van der Waals surface area contributed by atoms with Crippen LogP contribution >= 0.6 is 15.3 Å². The Bertz CT molecular complexity index is 157. The number of morpholine rings is 2. The average molecular weight is 281 g/mol. The number of hydrogen-bond acceptors (Lipinski definition) is 4. The first kappa shape index (κ1) is 11.0. The van der Waals surface area contributed by atoms with E-state index in [0.717, 1.165) is 52.6 Å². The SMILES string of the molecule is Br[SiH](N1CCOCC1)N1CCOCC1. The summed E-state index contributed by atoms with van der Waals surface area (Å²) < 4.78 is 15.8. The first-order chi connectivity index (χ1) is 6.88. The molecule has 0 radical (unpaired) electrons. The Morgan fingerprint density at radius 2 is 1.14 bits per heavy atom. The Kier molecular flexibility index (Phi) is 4.39. The molecular weight excluding hydrogens is 264 g/mol. The molecular formula is C8H17BrN2O2Si. The van der Waals surface area contributed by atoms with Crippen molar-refractivity contribution in [3.63, 3.8) is 0 Å². The molecule has 2 aliphatic rings. The zero-order valence-corrected chi connectivity index (χ0v) is 11.1. The number of halogens is 1. The Morgan fingerprint density at radius 3 is 1.50 bits per heavy atom. The molecule has 0 saturated carbocycles. The molecule has 0 aliphatic carbocycles. The number of ether oxygens (including phenoxy) is 2. The summed E-state index contributed by atoms with van der Waals surface area (Å²) in [6.45, 7) is 7.88. The van der Waals surface area contributed by atoms with Crippen LogP contribution in [-0.4, -0.2) is 69.5 Å². The second kappa shape index (κ2) is 5.57. The van der Waals surface area contributed by atoms with Gasteiger partial charge in [-0.05, 0) is 0 Å². The molecule has 2 fully saturated rings. The lowest BCUT2D eigenvalue weighted by Gasteiger charge is -2.38. The van der Waals surface area contributed by atoms with Crippen molar-refractivity contribution in [1.82, 2.24) is 9.13 Å². The molecule has 0 aromatic rings. The third-order valence-corrected chi connectivity index (χ3v) is 8.41. The fourth-order valence-electron chi connectivity index (χ4n) is 1.81. The summed E-state index contributed by atoms with van der Waals surface area (Å²) >= 11 is 3.88. The van der Waals surface area contributed by atoms with Crippen molar-refractivity contribution in [2.24, 2.45) is 0 Å². The third kappa shape index (κ3) is 2.77. The lowest BCUT2D eigenvalue weighted by molar-refractivity contribution is 0.0521. The Hall–Kier alpha value is 0.537. The van der Waals surface area contributed by atoms with E-state index >= 15 is 0 Å². The van der Waals surface area contributed by atoms with Gasteiger partial charge in [0.05, 0.1) is 26.4 Å². The van der Waals surface area contributed by atoms with Crippen molar-refractivity contribution in [2.75, 3.05) is 52.6 Å². The maximum Gasteiger partial charge on any atom is 0.264 e. The van der Waals surface area contributed by atoms with E-state index in [1.54, 1.807) is 0 Å². The molecule has 0 bridgehead atoms. The van der Waals surface area contributed by atoms with Crippen molar-refractivity contribution in [2.45, 2.75) is 0 Å². The van der Waals surface area contributed by atoms with E-state index in [2.05, 4.69) is 24.4 Å². The van der Waals surface area contributed by atoms with Crippen molar-refractivity contribution in [3.8, 4) is 0 Å². The van der Waals surface area contributed by atoms with Gasteiger partial charge in [0.25, 0.3) is 7.74 Å². The lowest BCUT2D eigenvalue weighted by Crippen LogP contribution is -2.55. The van der Waals surface area contributed by atoms with Gasteiger partial charge in [-0.1, -0.05) is 15.3 Å². The second-order valence-corrected chi connectivity index (χ2v) is 8.15. The molecule has 0 amide bonds. The summed E-state index contributed by atoms with van der Waals surface area (Å²) in [6.07, 6.45) is 0. The van der Waals surface area contributed by atoms with Gasteiger partial charge in [0.2, 0.25) is 0 Å². The maximum absolute atomic E-state index is 5.35. The first-order valence-electron chi connectivity index (χ1n) is 5.15. The average Bonchev–Trinajstić information content (AvgIpc) is 2.30. The van der Waals surface area contributed by atoms with Gasteiger partial charge in [-0.3, -0.25) is 0 Å². The van der Waals surface area contributed by atoms with Crippen LogP contribution in [0.2, 0.25) is 0 Å². The molecule has 4 nitrogen and oxygen atoms in total. The molecule has 14 heavy (non-hydrogen) atoms. The summed E-state index contributed by atoms with van der Waals surface area (Å²) in [5, 5.41) is 0. The molecule has 82 valence electrons. The van der Waals surface area contributed by atoms with Crippen LogP contribution in [0.1, 0.15) is 0 Å². The number of nitrogens with zero attached hydrogens (tertiary/aromatic N) is 2. The fraction of sp³-hybridized carbons (Fsp3) is 1.00. The highest BCUT2D eigenvalue weighted by Crippen LogP contribution is 2.12. The summed E-state index contributed by atoms with van der Waals surface area (Å²) in [5.74, 6) is 0. The van der Waals surface area contributed by atoms with Gasteiger partial charge >= 0.3 is 0 Å². The highest BCUT2D eigenvalue weighted by molar-refractivity contribution is 9.24. The zero-order valence-electron chi connectivity index (χ0n) is 8.32. The predicted octanol–water partition coefficient (Wildman–Crippen LogP) is -0.237. The van der Waals surface area contributed by atoms with Crippen molar-refractivity contribution in [3.05, 3.63) is 0 Å². The predicted molar refractivity (Wildman–Crippen MR) is 60.9 cm³/mol. The summed E-state index contributed by atoms with van der Waals surface area (Å²) in [7, 11) is -1.05. The van der Waals surface area contributed by atoms with Gasteiger partial charge in [0.15, 0.2) is 0 Å². The van der Waals surface area contributed by atoms with Crippen molar-refractivity contribution >= 4 is 23.0 Å². The van der Waals surface area contributed by atoms with Crippen LogP contribution in [0.4, 0.5) is 0 Å². The van der Waals surface area contributed by atoms with Crippen molar-refractivity contribution < 1.29 is 9.47 Å². The molecule has 2 rings (SSSR count). The van der Waals surface area contributed by atoms with Gasteiger partial charge in [0, 0.05) is 26.2 Å². The van der Waals surface area contributed by atoms with E-state index in [1.807, 2.05) is 0 Å². The van der Waals surface area contributed by atoms with E-state index in [-0.39, 0.29) is 0 Å². The molecule has 0 aromatic carbocycles. The van der Waals surface area contributed by atoms with Gasteiger partial charge < -0.3 is 18.6 Å². The van der Waals surface area contributed by atoms with Crippen LogP contribution in [0.3, 0.4) is 0 Å². The molecule has 0 aromatic heterocycles. The van der Waals surface area contributed by atoms with E-state index in [1.165, 1.54) is 0 Å². The Balaban J connectivity index is 1.82. The van der Waals surface area contributed by atoms with Crippen LogP contribution in [-0.2, 0) is 9.47 Å². The molecule has 2 saturated heterocycles. The second-order valence-electron chi connectivity index (χ2n) is 3.61. The highest BCUT2D eigenvalue weighted by atomic mass is 79.9. The molecule has 0 atom stereocenters. The maximum atomic E-state index is 5.35. The normalized spacial score (nSPS) is 27.0. The summed E-state index contributed by atoms with van der Waals surface area (Å²) in [4.78, 5) is 0. The van der Waals surface area contributed by atoms with Gasteiger partial charge in [-0.2, -0.15) is 0 Å². The van der Waals surface area contributed by atoms with Gasteiger partial charge in [-0.25, -0.2) is 0 Å². The lowest BCUT2D eigenvalue weighted by atomic mass is 10.5. The molecule has 0 unspecified atom stereocenters. The monoisotopic (exact) mass is 280 g/mol.